The number of oxime groups is 1. The van der Waals surface area contributed by atoms with Crippen molar-refractivity contribution in [1.29, 1.82) is 0 Å². The van der Waals surface area contributed by atoms with Crippen molar-refractivity contribution in [2.45, 2.75) is 24.9 Å². The maximum atomic E-state index is 12.4. The van der Waals surface area contributed by atoms with Crippen LogP contribution in [0.2, 0.25) is 0 Å². The Balaban J connectivity index is 0.000000162. The molecule has 0 saturated heterocycles. The molecule has 10 heteroatoms. The predicted molar refractivity (Wildman–Crippen MR) is 142 cm³/mol. The number of halogens is 3. The minimum Gasteiger partial charge on any atom is -0.410 e. The van der Waals surface area contributed by atoms with E-state index < -0.39 is 22.0 Å². The number of alkyl halides is 3. The van der Waals surface area contributed by atoms with E-state index in [1.807, 2.05) is 24.4 Å². The van der Waals surface area contributed by atoms with E-state index in [9.17, 15) is 21.6 Å². The fourth-order valence-electron chi connectivity index (χ4n) is 3.76. The molecule has 0 radical (unpaired) electrons. The monoisotopic (exact) mass is 542 g/mol. The Labute approximate surface area is 217 Å². The first-order chi connectivity index (χ1) is 17.9. The zero-order valence-corrected chi connectivity index (χ0v) is 21.3. The molecule has 5 aromatic rings. The Bertz CT molecular complexity index is 1640. The molecular weight excluding hydrogens is 517 g/mol. The lowest BCUT2D eigenvalue weighted by Gasteiger charge is -2.11. The molecule has 3 N–H and O–H groups in total. The quantitative estimate of drug-likeness (QED) is 0.0943. The first-order valence-corrected chi connectivity index (χ1v) is 12.7. The Morgan fingerprint density at radius 2 is 1.47 bits per heavy atom. The fourth-order valence-corrected chi connectivity index (χ4v) is 4.47. The predicted octanol–water partition coefficient (Wildman–Crippen LogP) is 7.30. The average Bonchev–Trinajstić information content (AvgIpc) is 3.34. The second kappa shape index (κ2) is 11.9. The summed E-state index contributed by atoms with van der Waals surface area (Å²) in [5, 5.41) is 13.3. The summed E-state index contributed by atoms with van der Waals surface area (Å²) in [6.07, 6.45) is -2.70. The van der Waals surface area contributed by atoms with Gasteiger partial charge in [0.05, 0.1) is 0 Å². The molecule has 4 aromatic carbocycles. The van der Waals surface area contributed by atoms with Gasteiger partial charge in [-0.1, -0.05) is 83.5 Å². The van der Waals surface area contributed by atoms with Crippen LogP contribution in [0.15, 0.2) is 107 Å². The number of H-pyrrole nitrogens is 1. The molecule has 1 heterocycles. The van der Waals surface area contributed by atoms with Gasteiger partial charge in [0.15, 0.2) is 5.71 Å². The van der Waals surface area contributed by atoms with Crippen LogP contribution in [-0.2, 0) is 10.1 Å². The van der Waals surface area contributed by atoms with Crippen LogP contribution in [0, 0.1) is 13.8 Å². The molecule has 0 unspecified atom stereocenters. The molecule has 38 heavy (non-hydrogen) atoms. The number of aryl methyl sites for hydroxylation is 2. The molecule has 198 valence electrons. The highest BCUT2D eigenvalue weighted by atomic mass is 32.2. The fraction of sp³-hybridized carbons (Fsp3) is 0.107. The normalized spacial score (nSPS) is 11.9. The largest absolute Gasteiger partial charge is 0.437 e. The molecule has 0 fully saturated rings. The van der Waals surface area contributed by atoms with Gasteiger partial charge in [0.2, 0.25) is 0 Å². The van der Waals surface area contributed by atoms with Gasteiger partial charge in [0.1, 0.15) is 4.90 Å². The molecule has 0 aliphatic heterocycles. The van der Waals surface area contributed by atoms with E-state index in [1.54, 1.807) is 56.3 Å². The molecule has 0 spiro atoms. The minimum absolute atomic E-state index is 0.0457. The van der Waals surface area contributed by atoms with Gasteiger partial charge >= 0.3 is 6.18 Å². The van der Waals surface area contributed by atoms with Gasteiger partial charge in [-0.25, -0.2) is 0 Å². The molecular formula is C28H25F3N2O4S. The molecule has 6 nitrogen and oxygen atoms in total. The first-order valence-electron chi connectivity index (χ1n) is 11.3. The van der Waals surface area contributed by atoms with Crippen LogP contribution in [0.1, 0.15) is 16.7 Å². The summed E-state index contributed by atoms with van der Waals surface area (Å²) in [7, 11) is -4.13. The highest BCUT2D eigenvalue weighted by Crippen LogP contribution is 2.25. The second-order valence-corrected chi connectivity index (χ2v) is 9.67. The third-order valence-corrected chi connectivity index (χ3v) is 6.41. The lowest BCUT2D eigenvalue weighted by atomic mass is 10.0. The van der Waals surface area contributed by atoms with Gasteiger partial charge in [-0.05, 0) is 48.4 Å². The summed E-state index contributed by atoms with van der Waals surface area (Å²) in [5.74, 6) is 0. The smallest absolute Gasteiger partial charge is 0.410 e. The number of hydrogen-bond acceptors (Lipinski definition) is 4. The molecule has 0 bridgehead atoms. The summed E-state index contributed by atoms with van der Waals surface area (Å²) in [6.45, 7) is 3.32. The van der Waals surface area contributed by atoms with E-state index >= 15 is 0 Å². The van der Waals surface area contributed by atoms with Gasteiger partial charge in [-0.15, -0.1) is 0 Å². The maximum absolute atomic E-state index is 12.4. The standard InChI is InChI=1S/C10H10F3NO.C10H8O3S.C8H7N/c1-6-3-4-8(7(2)5-6)9(14-15)10(11,12)13;11-14(12,13)10-7-3-5-8-4-1-2-6-9(8)10;1-2-4-8-7(3-1)5-6-9-8/h3-5,15H,1-2H3;1-7H,(H,11,12,13);1-6,9H. The van der Waals surface area contributed by atoms with Crippen LogP contribution < -0.4 is 0 Å². The number of para-hydroxylation sites is 1. The first kappa shape index (κ1) is 28.4. The Hall–Kier alpha value is -4.15. The van der Waals surface area contributed by atoms with Crippen LogP contribution in [0.25, 0.3) is 21.7 Å². The number of aromatic amines is 1. The molecule has 0 atom stereocenters. The second-order valence-electron chi connectivity index (χ2n) is 8.28. The van der Waals surface area contributed by atoms with E-state index in [2.05, 4.69) is 28.3 Å². The van der Waals surface area contributed by atoms with E-state index in [1.165, 1.54) is 23.0 Å². The number of hydrogen-bond donors (Lipinski definition) is 3. The topological polar surface area (TPSA) is 103 Å². The Kier molecular flexibility index (Phi) is 8.92. The summed E-state index contributed by atoms with van der Waals surface area (Å²) >= 11 is 0. The van der Waals surface area contributed by atoms with Crippen molar-refractivity contribution in [3.05, 3.63) is 114 Å². The van der Waals surface area contributed by atoms with Crippen molar-refractivity contribution in [2.24, 2.45) is 5.16 Å². The summed E-state index contributed by atoms with van der Waals surface area (Å²) in [5.41, 5.74) is 1.13. The van der Waals surface area contributed by atoms with Crippen LogP contribution in [0.4, 0.5) is 13.2 Å². The van der Waals surface area contributed by atoms with E-state index in [4.69, 9.17) is 9.76 Å². The van der Waals surface area contributed by atoms with Crippen molar-refractivity contribution >= 4 is 37.5 Å². The van der Waals surface area contributed by atoms with Gasteiger partial charge < -0.3 is 10.2 Å². The van der Waals surface area contributed by atoms with Gasteiger partial charge in [-0.3, -0.25) is 4.55 Å². The van der Waals surface area contributed by atoms with Gasteiger partial charge in [0, 0.05) is 22.7 Å². The van der Waals surface area contributed by atoms with Crippen molar-refractivity contribution in [3.63, 3.8) is 0 Å². The number of nitrogens with one attached hydrogen (secondary N) is 1. The van der Waals surface area contributed by atoms with Crippen LogP contribution in [-0.4, -0.2) is 35.0 Å². The molecule has 1 aromatic heterocycles. The lowest BCUT2D eigenvalue weighted by Crippen LogP contribution is -2.24. The number of rotatable bonds is 2. The highest BCUT2D eigenvalue weighted by molar-refractivity contribution is 7.86. The van der Waals surface area contributed by atoms with Gasteiger partial charge in [-0.2, -0.15) is 21.6 Å². The summed E-state index contributed by atoms with van der Waals surface area (Å²) in [4.78, 5) is 3.07. The van der Waals surface area contributed by atoms with Crippen molar-refractivity contribution in [2.75, 3.05) is 0 Å². The van der Waals surface area contributed by atoms with Crippen molar-refractivity contribution < 1.29 is 31.3 Å². The minimum atomic E-state index is -4.64. The SMILES string of the molecule is Cc1ccc(C(=NO)C(F)(F)F)c(C)c1.O=S(=O)(O)c1cccc2ccccc12.c1ccc2[nH]ccc2c1. The average molecular weight is 543 g/mol. The lowest BCUT2D eigenvalue weighted by molar-refractivity contribution is -0.0601. The maximum Gasteiger partial charge on any atom is 0.437 e. The molecule has 0 aliphatic rings. The molecule has 0 amide bonds. The number of nitrogens with zero attached hydrogens (tertiary/aromatic N) is 1. The third-order valence-electron chi connectivity index (χ3n) is 5.50. The Morgan fingerprint density at radius 1 is 0.842 bits per heavy atom. The number of aromatic nitrogens is 1. The summed E-state index contributed by atoms with van der Waals surface area (Å²) < 4.78 is 68.2. The summed E-state index contributed by atoms with van der Waals surface area (Å²) in [6, 6.07) is 26.5. The van der Waals surface area contributed by atoms with Gasteiger partial charge in [0.25, 0.3) is 10.1 Å². The molecule has 0 aliphatic carbocycles. The Morgan fingerprint density at radius 3 is 2.08 bits per heavy atom. The van der Waals surface area contributed by atoms with E-state index in [0.29, 0.717) is 10.9 Å². The number of fused-ring (bicyclic) bond motifs is 2. The third kappa shape index (κ3) is 7.21. The van der Waals surface area contributed by atoms with E-state index in [-0.39, 0.29) is 10.5 Å². The molecule has 5 rings (SSSR count). The number of benzene rings is 4. The van der Waals surface area contributed by atoms with Crippen molar-refractivity contribution in [3.8, 4) is 0 Å². The zero-order chi connectivity index (χ0) is 27.9. The van der Waals surface area contributed by atoms with Crippen molar-refractivity contribution in [1.82, 2.24) is 4.98 Å². The van der Waals surface area contributed by atoms with Crippen LogP contribution >= 0.6 is 0 Å². The molecule has 0 saturated carbocycles. The van der Waals surface area contributed by atoms with Crippen LogP contribution in [0.3, 0.4) is 0 Å². The van der Waals surface area contributed by atoms with Crippen LogP contribution in [0.5, 0.6) is 0 Å². The van der Waals surface area contributed by atoms with E-state index in [0.717, 1.165) is 10.9 Å². The zero-order valence-electron chi connectivity index (χ0n) is 20.4. The highest BCUT2D eigenvalue weighted by Gasteiger charge is 2.38.